The predicted octanol–water partition coefficient (Wildman–Crippen LogP) is 3.17. The lowest BCUT2D eigenvalue weighted by atomic mass is 10.2. The van der Waals surface area contributed by atoms with E-state index in [0.717, 1.165) is 0 Å². The number of hydrogen-bond donors (Lipinski definition) is 1. The number of morpholine rings is 1. The molecule has 0 bridgehead atoms. The molecule has 0 aromatic heterocycles. The van der Waals surface area contributed by atoms with Crippen molar-refractivity contribution in [1.82, 2.24) is 4.31 Å². The van der Waals surface area contributed by atoms with Crippen molar-refractivity contribution in [2.45, 2.75) is 11.8 Å². The Bertz CT molecular complexity index is 975. The molecule has 0 spiro atoms. The van der Waals surface area contributed by atoms with Crippen LogP contribution in [-0.2, 0) is 14.8 Å². The van der Waals surface area contributed by atoms with Gasteiger partial charge in [0.05, 0.1) is 23.7 Å². The fourth-order valence-electron chi connectivity index (χ4n) is 2.75. The highest BCUT2D eigenvalue weighted by molar-refractivity contribution is 9.10. The van der Waals surface area contributed by atoms with Crippen LogP contribution in [0.2, 0.25) is 0 Å². The van der Waals surface area contributed by atoms with Gasteiger partial charge in [0, 0.05) is 23.2 Å². The van der Waals surface area contributed by atoms with Gasteiger partial charge in [-0.05, 0) is 42.8 Å². The lowest BCUT2D eigenvalue weighted by Gasteiger charge is -2.26. The zero-order valence-corrected chi connectivity index (χ0v) is 16.9. The predicted molar refractivity (Wildman–Crippen MR) is 103 cm³/mol. The van der Waals surface area contributed by atoms with Gasteiger partial charge in [-0.1, -0.05) is 22.0 Å². The smallest absolute Gasteiger partial charge is 0.258 e. The molecule has 0 radical (unpaired) electrons. The number of amides is 1. The van der Waals surface area contributed by atoms with Gasteiger partial charge in [0.1, 0.15) is 5.82 Å². The Balaban J connectivity index is 1.89. The van der Waals surface area contributed by atoms with Crippen molar-refractivity contribution >= 4 is 37.5 Å². The zero-order chi connectivity index (χ0) is 19.6. The molecule has 1 fully saturated rings. The molecule has 1 aliphatic rings. The Morgan fingerprint density at radius 1 is 1.19 bits per heavy atom. The van der Waals surface area contributed by atoms with E-state index in [1.165, 1.54) is 28.6 Å². The van der Waals surface area contributed by atoms with E-state index in [1.807, 2.05) is 0 Å². The number of ether oxygens (including phenoxy) is 1. The van der Waals surface area contributed by atoms with Crippen molar-refractivity contribution in [2.24, 2.45) is 0 Å². The van der Waals surface area contributed by atoms with Crippen molar-refractivity contribution in [3.63, 3.8) is 0 Å². The van der Waals surface area contributed by atoms with E-state index in [2.05, 4.69) is 21.2 Å². The maximum atomic E-state index is 13.9. The van der Waals surface area contributed by atoms with Crippen LogP contribution in [-0.4, -0.2) is 44.9 Å². The Morgan fingerprint density at radius 3 is 2.59 bits per heavy atom. The van der Waals surface area contributed by atoms with Crippen LogP contribution >= 0.6 is 15.9 Å². The van der Waals surface area contributed by atoms with Gasteiger partial charge in [-0.15, -0.1) is 0 Å². The zero-order valence-electron chi connectivity index (χ0n) is 14.5. The van der Waals surface area contributed by atoms with E-state index in [4.69, 9.17) is 4.74 Å². The molecule has 144 valence electrons. The van der Waals surface area contributed by atoms with E-state index < -0.39 is 21.7 Å². The van der Waals surface area contributed by atoms with E-state index >= 15 is 0 Å². The summed E-state index contributed by atoms with van der Waals surface area (Å²) in [7, 11) is -3.71. The molecule has 2 aromatic carbocycles. The van der Waals surface area contributed by atoms with Crippen LogP contribution in [0.5, 0.6) is 0 Å². The van der Waals surface area contributed by atoms with Crippen molar-refractivity contribution in [2.75, 3.05) is 31.6 Å². The first kappa shape index (κ1) is 19.9. The lowest BCUT2D eigenvalue weighted by molar-refractivity contribution is 0.0730. The summed E-state index contributed by atoms with van der Waals surface area (Å²) < 4.78 is 46.8. The summed E-state index contributed by atoms with van der Waals surface area (Å²) >= 11 is 3.20. The van der Waals surface area contributed by atoms with Gasteiger partial charge in [0.15, 0.2) is 0 Å². The van der Waals surface area contributed by atoms with E-state index in [-0.39, 0.29) is 29.2 Å². The van der Waals surface area contributed by atoms with Crippen molar-refractivity contribution in [3.05, 3.63) is 57.8 Å². The SMILES string of the molecule is Cc1ccc(NC(=O)c2cc(Br)ccc2F)cc1S(=O)(=O)N1CCOCC1. The molecule has 0 atom stereocenters. The first-order valence-corrected chi connectivity index (χ1v) is 10.5. The average molecular weight is 457 g/mol. The number of aryl methyl sites for hydroxylation is 1. The summed E-state index contributed by atoms with van der Waals surface area (Å²) in [4.78, 5) is 12.5. The van der Waals surface area contributed by atoms with Crippen LogP contribution in [0.15, 0.2) is 45.8 Å². The number of benzene rings is 2. The Hall–Kier alpha value is -1.81. The van der Waals surface area contributed by atoms with Gasteiger partial charge in [-0.3, -0.25) is 4.79 Å². The third-order valence-corrected chi connectivity index (χ3v) is 6.74. The molecule has 1 aliphatic heterocycles. The van der Waals surface area contributed by atoms with E-state index in [1.54, 1.807) is 19.1 Å². The highest BCUT2D eigenvalue weighted by Crippen LogP contribution is 2.25. The summed E-state index contributed by atoms with van der Waals surface area (Å²) in [6.45, 7) is 2.93. The number of sulfonamides is 1. The minimum atomic E-state index is -3.71. The summed E-state index contributed by atoms with van der Waals surface area (Å²) in [6, 6.07) is 8.63. The third kappa shape index (κ3) is 4.37. The first-order valence-electron chi connectivity index (χ1n) is 8.24. The monoisotopic (exact) mass is 456 g/mol. The Kier molecular flexibility index (Phi) is 5.95. The van der Waals surface area contributed by atoms with Crippen LogP contribution in [0.25, 0.3) is 0 Å². The number of halogens is 2. The summed E-state index contributed by atoms with van der Waals surface area (Å²) in [5.74, 6) is -1.32. The molecule has 27 heavy (non-hydrogen) atoms. The number of nitrogens with zero attached hydrogens (tertiary/aromatic N) is 1. The molecule has 9 heteroatoms. The Labute approximate surface area is 165 Å². The molecule has 1 heterocycles. The van der Waals surface area contributed by atoms with Crippen molar-refractivity contribution in [1.29, 1.82) is 0 Å². The summed E-state index contributed by atoms with van der Waals surface area (Å²) in [5, 5.41) is 2.56. The van der Waals surface area contributed by atoms with E-state index in [9.17, 15) is 17.6 Å². The fourth-order valence-corrected chi connectivity index (χ4v) is 4.77. The Morgan fingerprint density at radius 2 is 1.89 bits per heavy atom. The topological polar surface area (TPSA) is 75.7 Å². The summed E-state index contributed by atoms with van der Waals surface area (Å²) in [6.07, 6.45) is 0. The molecule has 0 unspecified atom stereocenters. The molecular weight excluding hydrogens is 439 g/mol. The number of carbonyl (C=O) groups excluding carboxylic acids is 1. The van der Waals surface area contributed by atoms with E-state index in [0.29, 0.717) is 23.2 Å². The van der Waals surface area contributed by atoms with Gasteiger partial charge in [0.2, 0.25) is 10.0 Å². The minimum absolute atomic E-state index is 0.108. The quantitative estimate of drug-likeness (QED) is 0.766. The van der Waals surface area contributed by atoms with Crippen LogP contribution in [0.4, 0.5) is 10.1 Å². The number of anilines is 1. The first-order chi connectivity index (χ1) is 12.8. The van der Waals surface area contributed by atoms with Gasteiger partial charge < -0.3 is 10.1 Å². The minimum Gasteiger partial charge on any atom is -0.379 e. The van der Waals surface area contributed by atoms with Crippen molar-refractivity contribution in [3.8, 4) is 0 Å². The number of rotatable bonds is 4. The maximum Gasteiger partial charge on any atom is 0.258 e. The normalized spacial score (nSPS) is 15.5. The van der Waals surface area contributed by atoms with Crippen LogP contribution in [0.3, 0.4) is 0 Å². The molecule has 0 saturated carbocycles. The van der Waals surface area contributed by atoms with Gasteiger partial charge in [-0.2, -0.15) is 4.31 Å². The molecule has 2 aromatic rings. The molecule has 3 rings (SSSR count). The second-order valence-electron chi connectivity index (χ2n) is 6.08. The van der Waals surface area contributed by atoms with Gasteiger partial charge in [0.25, 0.3) is 5.91 Å². The maximum absolute atomic E-state index is 13.9. The third-order valence-electron chi connectivity index (χ3n) is 4.21. The highest BCUT2D eigenvalue weighted by Gasteiger charge is 2.28. The molecule has 6 nitrogen and oxygen atoms in total. The number of carbonyl (C=O) groups is 1. The standard InChI is InChI=1S/C18H18BrFN2O4S/c1-12-2-4-14(21-18(23)15-10-13(19)3-5-16(15)20)11-17(12)27(24,25)22-6-8-26-9-7-22/h2-5,10-11H,6-9H2,1H3,(H,21,23). The largest absolute Gasteiger partial charge is 0.379 e. The molecule has 1 N–H and O–H groups in total. The van der Waals surface area contributed by atoms with Crippen LogP contribution in [0.1, 0.15) is 15.9 Å². The fraction of sp³-hybridized carbons (Fsp3) is 0.278. The lowest BCUT2D eigenvalue weighted by Crippen LogP contribution is -2.40. The van der Waals surface area contributed by atoms with Gasteiger partial charge >= 0.3 is 0 Å². The van der Waals surface area contributed by atoms with Crippen molar-refractivity contribution < 1.29 is 22.3 Å². The summed E-state index contributed by atoms with van der Waals surface area (Å²) in [5.41, 5.74) is 0.701. The highest BCUT2D eigenvalue weighted by atomic mass is 79.9. The van der Waals surface area contributed by atoms with Crippen LogP contribution < -0.4 is 5.32 Å². The second kappa shape index (κ2) is 8.05. The number of nitrogens with one attached hydrogen (secondary N) is 1. The molecular formula is C18H18BrFN2O4S. The van der Waals surface area contributed by atoms with Gasteiger partial charge in [-0.25, -0.2) is 12.8 Å². The molecule has 1 amide bonds. The molecule has 0 aliphatic carbocycles. The second-order valence-corrected chi connectivity index (χ2v) is 8.90. The molecule has 1 saturated heterocycles. The average Bonchev–Trinajstić information content (AvgIpc) is 2.65. The van der Waals surface area contributed by atoms with Crippen LogP contribution in [0, 0.1) is 12.7 Å². The number of hydrogen-bond acceptors (Lipinski definition) is 4.